The van der Waals surface area contributed by atoms with E-state index in [4.69, 9.17) is 17.3 Å². The molecule has 144 valence electrons. The minimum Gasteiger partial charge on any atom is -0.340 e. The third kappa shape index (κ3) is 5.21. The van der Waals surface area contributed by atoms with E-state index >= 15 is 0 Å². The second-order valence-electron chi connectivity index (χ2n) is 8.31. The molecule has 0 radical (unpaired) electrons. The Balaban J connectivity index is 2.12. The summed E-state index contributed by atoms with van der Waals surface area (Å²) in [6.45, 7) is 9.50. The molecular formula is C20H30ClN3O2. The van der Waals surface area contributed by atoms with Crippen LogP contribution in [0.4, 0.5) is 0 Å². The van der Waals surface area contributed by atoms with Crippen LogP contribution in [-0.2, 0) is 4.79 Å². The van der Waals surface area contributed by atoms with E-state index in [1.807, 2.05) is 18.7 Å². The average Bonchev–Trinajstić information content (AvgIpc) is 2.56. The van der Waals surface area contributed by atoms with Crippen molar-refractivity contribution in [2.24, 2.45) is 17.1 Å². The standard InChI is InChI=1S/C20H30ClN3O2/c1-13(2)11-16(23-18(25)14-5-7-15(21)8-6-14)19(26)24-10-9-17(22)20(3,4)12-24/h5-8,13,16-17H,9-12,22H2,1-4H3,(H,23,25). The van der Waals surface area contributed by atoms with E-state index in [0.29, 0.717) is 30.1 Å². The van der Waals surface area contributed by atoms with Gasteiger partial charge in [0.05, 0.1) is 0 Å². The molecule has 5 nitrogen and oxygen atoms in total. The van der Waals surface area contributed by atoms with Crippen LogP contribution >= 0.6 is 11.6 Å². The lowest BCUT2D eigenvalue weighted by molar-refractivity contribution is -0.137. The average molecular weight is 380 g/mol. The second-order valence-corrected chi connectivity index (χ2v) is 8.74. The third-order valence-electron chi connectivity index (χ3n) is 5.04. The third-order valence-corrected chi connectivity index (χ3v) is 5.29. The normalized spacial score (nSPS) is 20.7. The van der Waals surface area contributed by atoms with Crippen LogP contribution in [0.15, 0.2) is 24.3 Å². The Hall–Kier alpha value is -1.59. The Labute approximate surface area is 161 Å². The van der Waals surface area contributed by atoms with Gasteiger partial charge in [0.2, 0.25) is 5.91 Å². The minimum atomic E-state index is -0.539. The first kappa shape index (κ1) is 20.7. The van der Waals surface area contributed by atoms with Gasteiger partial charge in [-0.1, -0.05) is 39.3 Å². The number of hydrogen-bond acceptors (Lipinski definition) is 3. The number of benzene rings is 1. The number of rotatable bonds is 5. The summed E-state index contributed by atoms with van der Waals surface area (Å²) < 4.78 is 0. The molecule has 1 aromatic carbocycles. The van der Waals surface area contributed by atoms with Crippen LogP contribution in [0.5, 0.6) is 0 Å². The van der Waals surface area contributed by atoms with Gasteiger partial charge in [-0.25, -0.2) is 0 Å². The van der Waals surface area contributed by atoms with Crippen LogP contribution in [0.1, 0.15) is 50.9 Å². The Bertz CT molecular complexity index is 643. The van der Waals surface area contributed by atoms with Gasteiger partial charge in [-0.3, -0.25) is 9.59 Å². The van der Waals surface area contributed by atoms with Crippen molar-refractivity contribution in [1.82, 2.24) is 10.2 Å². The molecule has 2 atom stereocenters. The highest BCUT2D eigenvalue weighted by Gasteiger charge is 2.37. The Morgan fingerprint density at radius 2 is 1.92 bits per heavy atom. The van der Waals surface area contributed by atoms with Gasteiger partial charge in [0.1, 0.15) is 6.04 Å². The van der Waals surface area contributed by atoms with Crippen LogP contribution in [0.25, 0.3) is 0 Å². The number of likely N-dealkylation sites (tertiary alicyclic amines) is 1. The number of nitrogens with one attached hydrogen (secondary N) is 1. The van der Waals surface area contributed by atoms with Crippen LogP contribution in [0, 0.1) is 11.3 Å². The van der Waals surface area contributed by atoms with Gasteiger partial charge in [-0.05, 0) is 48.4 Å². The topological polar surface area (TPSA) is 75.4 Å². The highest BCUT2D eigenvalue weighted by atomic mass is 35.5. The number of piperidine rings is 1. The highest BCUT2D eigenvalue weighted by molar-refractivity contribution is 6.30. The monoisotopic (exact) mass is 379 g/mol. The first-order valence-electron chi connectivity index (χ1n) is 9.21. The molecule has 1 aromatic rings. The van der Waals surface area contributed by atoms with E-state index in [-0.39, 0.29) is 29.2 Å². The van der Waals surface area contributed by atoms with Gasteiger partial charge in [0.15, 0.2) is 0 Å². The molecule has 1 aliphatic heterocycles. The van der Waals surface area contributed by atoms with Crippen molar-refractivity contribution < 1.29 is 9.59 Å². The largest absolute Gasteiger partial charge is 0.340 e. The summed E-state index contributed by atoms with van der Waals surface area (Å²) in [4.78, 5) is 27.5. The lowest BCUT2D eigenvalue weighted by Gasteiger charge is -2.43. The number of nitrogens with two attached hydrogens (primary N) is 1. The van der Waals surface area contributed by atoms with E-state index in [1.54, 1.807) is 24.3 Å². The summed E-state index contributed by atoms with van der Waals surface area (Å²) in [6.07, 6.45) is 1.37. The SMILES string of the molecule is CC(C)CC(NC(=O)c1ccc(Cl)cc1)C(=O)N1CCC(N)C(C)(C)C1. The molecule has 1 saturated heterocycles. The zero-order valence-electron chi connectivity index (χ0n) is 16.1. The van der Waals surface area contributed by atoms with Crippen molar-refractivity contribution >= 4 is 23.4 Å². The Kier molecular flexibility index (Phi) is 6.69. The maximum Gasteiger partial charge on any atom is 0.251 e. The molecule has 1 heterocycles. The highest BCUT2D eigenvalue weighted by Crippen LogP contribution is 2.28. The number of carbonyl (C=O) groups is 2. The molecule has 2 unspecified atom stereocenters. The predicted molar refractivity (Wildman–Crippen MR) is 105 cm³/mol. The molecule has 0 aromatic heterocycles. The second kappa shape index (κ2) is 8.40. The van der Waals surface area contributed by atoms with Gasteiger partial charge < -0.3 is 16.0 Å². The molecule has 0 aliphatic carbocycles. The number of halogens is 1. The summed E-state index contributed by atoms with van der Waals surface area (Å²) in [5.41, 5.74) is 6.55. The van der Waals surface area contributed by atoms with Gasteiger partial charge in [-0.15, -0.1) is 0 Å². The number of carbonyl (C=O) groups excluding carboxylic acids is 2. The molecule has 1 fully saturated rings. The lowest BCUT2D eigenvalue weighted by atomic mass is 9.79. The van der Waals surface area contributed by atoms with E-state index in [0.717, 1.165) is 6.42 Å². The van der Waals surface area contributed by atoms with Crippen molar-refractivity contribution in [2.45, 2.75) is 52.6 Å². The van der Waals surface area contributed by atoms with Gasteiger partial charge in [0, 0.05) is 29.7 Å². The van der Waals surface area contributed by atoms with Crippen LogP contribution in [0.3, 0.4) is 0 Å². The molecule has 2 rings (SSSR count). The van der Waals surface area contributed by atoms with Crippen LogP contribution in [-0.4, -0.2) is 41.9 Å². The Morgan fingerprint density at radius 1 is 1.31 bits per heavy atom. The number of nitrogens with zero attached hydrogens (tertiary/aromatic N) is 1. The van der Waals surface area contributed by atoms with Crippen molar-refractivity contribution in [3.63, 3.8) is 0 Å². The smallest absolute Gasteiger partial charge is 0.251 e. The van der Waals surface area contributed by atoms with Crippen molar-refractivity contribution in [1.29, 1.82) is 0 Å². The quantitative estimate of drug-likeness (QED) is 0.825. The van der Waals surface area contributed by atoms with Crippen LogP contribution < -0.4 is 11.1 Å². The van der Waals surface area contributed by atoms with Crippen LogP contribution in [0.2, 0.25) is 5.02 Å². The summed E-state index contributed by atoms with van der Waals surface area (Å²) in [7, 11) is 0. The van der Waals surface area contributed by atoms with E-state index in [9.17, 15) is 9.59 Å². The first-order valence-corrected chi connectivity index (χ1v) is 9.58. The Morgan fingerprint density at radius 3 is 2.46 bits per heavy atom. The van der Waals surface area contributed by atoms with E-state index < -0.39 is 6.04 Å². The summed E-state index contributed by atoms with van der Waals surface area (Å²) in [5.74, 6) is 0.00384. The molecular weight excluding hydrogens is 350 g/mol. The molecule has 1 aliphatic rings. The molecule has 2 amide bonds. The fraction of sp³-hybridized carbons (Fsp3) is 0.600. The predicted octanol–water partition coefficient (Wildman–Crippen LogP) is 3.07. The zero-order valence-corrected chi connectivity index (χ0v) is 16.8. The van der Waals surface area contributed by atoms with Crippen molar-refractivity contribution in [2.75, 3.05) is 13.1 Å². The zero-order chi connectivity index (χ0) is 19.5. The summed E-state index contributed by atoms with van der Waals surface area (Å²) in [5, 5.41) is 3.49. The van der Waals surface area contributed by atoms with Gasteiger partial charge >= 0.3 is 0 Å². The summed E-state index contributed by atoms with van der Waals surface area (Å²) >= 11 is 5.88. The van der Waals surface area contributed by atoms with E-state index in [1.165, 1.54) is 0 Å². The van der Waals surface area contributed by atoms with Gasteiger partial charge in [0.25, 0.3) is 5.91 Å². The van der Waals surface area contributed by atoms with Crippen molar-refractivity contribution in [3.05, 3.63) is 34.9 Å². The molecule has 3 N–H and O–H groups in total. The minimum absolute atomic E-state index is 0.0269. The maximum absolute atomic E-state index is 13.1. The van der Waals surface area contributed by atoms with Crippen molar-refractivity contribution in [3.8, 4) is 0 Å². The lowest BCUT2D eigenvalue weighted by Crippen LogP contribution is -2.58. The van der Waals surface area contributed by atoms with Gasteiger partial charge in [-0.2, -0.15) is 0 Å². The molecule has 0 saturated carbocycles. The fourth-order valence-corrected chi connectivity index (χ4v) is 3.44. The number of hydrogen-bond donors (Lipinski definition) is 2. The number of amides is 2. The molecule has 0 bridgehead atoms. The first-order chi connectivity index (χ1) is 12.1. The molecule has 6 heteroatoms. The molecule has 0 spiro atoms. The maximum atomic E-state index is 13.1. The summed E-state index contributed by atoms with van der Waals surface area (Å²) in [6, 6.07) is 6.21. The fourth-order valence-electron chi connectivity index (χ4n) is 3.32. The van der Waals surface area contributed by atoms with E-state index in [2.05, 4.69) is 19.2 Å². The molecule has 26 heavy (non-hydrogen) atoms.